The van der Waals surface area contributed by atoms with Gasteiger partial charge in [0, 0.05) is 17.6 Å². The van der Waals surface area contributed by atoms with Crippen molar-refractivity contribution in [3.63, 3.8) is 0 Å². The number of amides is 1. The molecule has 1 heterocycles. The minimum absolute atomic E-state index is 0.0517. The summed E-state index contributed by atoms with van der Waals surface area (Å²) in [5.74, 6) is -1.17. The van der Waals surface area contributed by atoms with E-state index in [9.17, 15) is 19.5 Å². The van der Waals surface area contributed by atoms with Gasteiger partial charge in [0.15, 0.2) is 0 Å². The molecule has 0 spiro atoms. The molecule has 0 aliphatic heterocycles. The van der Waals surface area contributed by atoms with Crippen molar-refractivity contribution in [3.8, 4) is 0 Å². The summed E-state index contributed by atoms with van der Waals surface area (Å²) >= 11 is 1.05. The number of aliphatic carboxylic acids is 1. The van der Waals surface area contributed by atoms with E-state index in [1.54, 1.807) is 12.3 Å². The summed E-state index contributed by atoms with van der Waals surface area (Å²) in [7, 11) is 0. The monoisotopic (exact) mass is 298 g/mol. The van der Waals surface area contributed by atoms with Gasteiger partial charge in [0.2, 0.25) is 5.91 Å². The molecule has 6 nitrogen and oxygen atoms in total. The van der Waals surface area contributed by atoms with E-state index in [0.29, 0.717) is 12.8 Å². The topological polar surface area (TPSA) is 88.4 Å². The first-order valence-corrected chi connectivity index (χ1v) is 7.48. The van der Waals surface area contributed by atoms with E-state index in [-0.39, 0.29) is 23.9 Å². The van der Waals surface area contributed by atoms with Crippen molar-refractivity contribution in [2.24, 2.45) is 5.41 Å². The number of aryl methyl sites for hydroxylation is 1. The van der Waals surface area contributed by atoms with E-state index in [0.717, 1.165) is 29.9 Å². The third kappa shape index (κ3) is 2.92. The summed E-state index contributed by atoms with van der Waals surface area (Å²) in [4.78, 5) is 34.6. The zero-order valence-electron chi connectivity index (χ0n) is 11.3. The lowest BCUT2D eigenvalue weighted by Gasteiger charge is -2.24. The predicted octanol–water partition coefficient (Wildman–Crippen LogP) is 0.979. The van der Waals surface area contributed by atoms with Crippen LogP contribution >= 0.6 is 11.3 Å². The van der Waals surface area contributed by atoms with Gasteiger partial charge in [-0.1, -0.05) is 24.2 Å². The van der Waals surface area contributed by atoms with Crippen LogP contribution in [0.25, 0.3) is 0 Å². The number of thiazole rings is 1. The van der Waals surface area contributed by atoms with Crippen LogP contribution in [0, 0.1) is 12.3 Å². The molecule has 2 rings (SSSR count). The highest BCUT2D eigenvalue weighted by Crippen LogP contribution is 2.37. The van der Waals surface area contributed by atoms with Gasteiger partial charge in [-0.2, -0.15) is 0 Å². The number of aromatic nitrogens is 1. The van der Waals surface area contributed by atoms with Gasteiger partial charge in [0.1, 0.15) is 6.54 Å². The highest BCUT2D eigenvalue weighted by molar-refractivity contribution is 7.07. The third-order valence-corrected chi connectivity index (χ3v) is 4.80. The largest absolute Gasteiger partial charge is 0.481 e. The molecule has 1 saturated carbocycles. The summed E-state index contributed by atoms with van der Waals surface area (Å²) in [5, 5.41) is 13.7. The predicted molar refractivity (Wildman–Crippen MR) is 74.9 cm³/mol. The Kier molecular flexibility index (Phi) is 4.27. The number of carboxylic acid groups (broad SMARTS) is 1. The summed E-state index contributed by atoms with van der Waals surface area (Å²) in [6.45, 7) is 1.85. The van der Waals surface area contributed by atoms with Gasteiger partial charge in [0.05, 0.1) is 5.41 Å². The molecule has 0 saturated heterocycles. The molecule has 7 heteroatoms. The Morgan fingerprint density at radius 1 is 1.45 bits per heavy atom. The van der Waals surface area contributed by atoms with E-state index in [4.69, 9.17) is 0 Å². The van der Waals surface area contributed by atoms with Gasteiger partial charge in [0.25, 0.3) is 0 Å². The van der Waals surface area contributed by atoms with Crippen molar-refractivity contribution >= 4 is 23.2 Å². The molecule has 1 fully saturated rings. The lowest BCUT2D eigenvalue weighted by atomic mass is 9.86. The SMILES string of the molecule is Cc1csc(=O)n1CC(=O)NCC1(C(=O)O)CCCC1. The number of carbonyl (C=O) groups excluding carboxylic acids is 1. The molecule has 0 radical (unpaired) electrons. The number of carbonyl (C=O) groups is 2. The van der Waals surface area contributed by atoms with E-state index in [1.165, 1.54) is 4.57 Å². The van der Waals surface area contributed by atoms with E-state index in [1.807, 2.05) is 0 Å². The summed E-state index contributed by atoms with van der Waals surface area (Å²) in [6, 6.07) is 0. The maximum Gasteiger partial charge on any atom is 0.311 e. The minimum atomic E-state index is -0.848. The van der Waals surface area contributed by atoms with Gasteiger partial charge in [-0.25, -0.2) is 0 Å². The van der Waals surface area contributed by atoms with Crippen molar-refractivity contribution < 1.29 is 14.7 Å². The molecule has 1 aromatic heterocycles. The van der Waals surface area contributed by atoms with Crippen LogP contribution in [0.3, 0.4) is 0 Å². The molecule has 1 aromatic rings. The molecule has 110 valence electrons. The van der Waals surface area contributed by atoms with Crippen LogP contribution in [0.5, 0.6) is 0 Å². The second kappa shape index (κ2) is 5.78. The Balaban J connectivity index is 1.95. The number of hydrogen-bond donors (Lipinski definition) is 2. The van der Waals surface area contributed by atoms with Crippen molar-refractivity contribution in [1.29, 1.82) is 0 Å². The second-order valence-electron chi connectivity index (χ2n) is 5.30. The zero-order chi connectivity index (χ0) is 14.8. The van der Waals surface area contributed by atoms with Crippen LogP contribution in [0.2, 0.25) is 0 Å². The van der Waals surface area contributed by atoms with Crippen molar-refractivity contribution in [2.75, 3.05) is 6.54 Å². The average molecular weight is 298 g/mol. The highest BCUT2D eigenvalue weighted by Gasteiger charge is 2.41. The second-order valence-corrected chi connectivity index (χ2v) is 6.12. The standard InChI is InChI=1S/C13H18N2O4S/c1-9-7-20-12(19)15(9)6-10(16)14-8-13(11(17)18)4-2-3-5-13/h7H,2-6,8H2,1H3,(H,14,16)(H,17,18). The molecule has 0 bridgehead atoms. The first kappa shape index (κ1) is 14.8. The van der Waals surface area contributed by atoms with Crippen molar-refractivity contribution in [1.82, 2.24) is 9.88 Å². The van der Waals surface area contributed by atoms with Crippen LogP contribution in [-0.2, 0) is 16.1 Å². The fraction of sp³-hybridized carbons (Fsp3) is 0.615. The average Bonchev–Trinajstić information content (AvgIpc) is 2.99. The lowest BCUT2D eigenvalue weighted by molar-refractivity contribution is -0.148. The molecule has 0 aromatic carbocycles. The minimum Gasteiger partial charge on any atom is -0.481 e. The Hall–Kier alpha value is -1.63. The van der Waals surface area contributed by atoms with Crippen molar-refractivity contribution in [2.45, 2.75) is 39.2 Å². The lowest BCUT2D eigenvalue weighted by Crippen LogP contribution is -2.42. The Morgan fingerprint density at radius 3 is 2.60 bits per heavy atom. The Labute approximate surface area is 120 Å². The summed E-state index contributed by atoms with van der Waals surface area (Å²) in [5.41, 5.74) is -0.0893. The molecule has 0 unspecified atom stereocenters. The van der Waals surface area contributed by atoms with Crippen LogP contribution in [0.1, 0.15) is 31.4 Å². The number of nitrogens with one attached hydrogen (secondary N) is 1. The Morgan fingerprint density at radius 2 is 2.10 bits per heavy atom. The van der Waals surface area contributed by atoms with Crippen molar-refractivity contribution in [3.05, 3.63) is 20.7 Å². The molecule has 2 N–H and O–H groups in total. The fourth-order valence-corrected chi connectivity index (χ4v) is 3.32. The molecule has 0 atom stereocenters. The maximum absolute atomic E-state index is 11.9. The van der Waals surface area contributed by atoms with Crippen LogP contribution in [0.4, 0.5) is 0 Å². The normalized spacial score (nSPS) is 17.1. The molecule has 20 heavy (non-hydrogen) atoms. The number of hydrogen-bond acceptors (Lipinski definition) is 4. The molecular weight excluding hydrogens is 280 g/mol. The summed E-state index contributed by atoms with van der Waals surface area (Å²) < 4.78 is 1.39. The van der Waals surface area contributed by atoms with Crippen LogP contribution in [0.15, 0.2) is 10.2 Å². The van der Waals surface area contributed by atoms with Gasteiger partial charge < -0.3 is 10.4 Å². The van der Waals surface area contributed by atoms with Gasteiger partial charge in [-0.05, 0) is 19.8 Å². The third-order valence-electron chi connectivity index (χ3n) is 3.92. The van der Waals surface area contributed by atoms with Crippen LogP contribution in [-0.4, -0.2) is 28.1 Å². The van der Waals surface area contributed by atoms with E-state index >= 15 is 0 Å². The molecule has 1 aliphatic carbocycles. The first-order chi connectivity index (χ1) is 9.44. The number of nitrogens with zero attached hydrogens (tertiary/aromatic N) is 1. The maximum atomic E-state index is 11.9. The van der Waals surface area contributed by atoms with Gasteiger partial charge >= 0.3 is 10.8 Å². The van der Waals surface area contributed by atoms with E-state index < -0.39 is 11.4 Å². The number of rotatable bonds is 5. The van der Waals surface area contributed by atoms with Gasteiger partial charge in [-0.15, -0.1) is 0 Å². The molecule has 1 amide bonds. The summed E-state index contributed by atoms with van der Waals surface area (Å²) in [6.07, 6.45) is 2.95. The van der Waals surface area contributed by atoms with Crippen LogP contribution < -0.4 is 10.2 Å². The van der Waals surface area contributed by atoms with E-state index in [2.05, 4.69) is 5.32 Å². The molecular formula is C13H18N2O4S. The Bertz CT molecular complexity index is 569. The first-order valence-electron chi connectivity index (χ1n) is 6.60. The quantitative estimate of drug-likeness (QED) is 0.848. The molecule has 1 aliphatic rings. The highest BCUT2D eigenvalue weighted by atomic mass is 32.1. The van der Waals surface area contributed by atoms with Gasteiger partial charge in [-0.3, -0.25) is 19.0 Å². The zero-order valence-corrected chi connectivity index (χ0v) is 12.2. The smallest absolute Gasteiger partial charge is 0.311 e. The number of carboxylic acids is 1. The fourth-order valence-electron chi connectivity index (χ4n) is 2.58.